The van der Waals surface area contributed by atoms with E-state index in [1.807, 2.05) is 54.6 Å². The summed E-state index contributed by atoms with van der Waals surface area (Å²) in [6, 6.07) is 26.1. The van der Waals surface area contributed by atoms with Crippen molar-refractivity contribution < 1.29 is 27.4 Å². The second-order valence-corrected chi connectivity index (χ2v) is 10.5. The van der Waals surface area contributed by atoms with Crippen molar-refractivity contribution in [3.8, 4) is 5.75 Å². The van der Waals surface area contributed by atoms with E-state index >= 15 is 0 Å². The van der Waals surface area contributed by atoms with Crippen LogP contribution in [0.15, 0.2) is 111 Å². The first-order chi connectivity index (χ1) is 18.4. The van der Waals surface area contributed by atoms with Crippen molar-refractivity contribution in [2.75, 3.05) is 4.72 Å². The van der Waals surface area contributed by atoms with Gasteiger partial charge in [0.2, 0.25) is 29.0 Å². The largest absolute Gasteiger partial charge is 0.501 e. The molecule has 2 N–H and O–H groups in total. The number of benzene rings is 4. The van der Waals surface area contributed by atoms with Gasteiger partial charge in [-0.25, -0.2) is 8.42 Å². The molecule has 0 spiro atoms. The van der Waals surface area contributed by atoms with Crippen LogP contribution in [0.2, 0.25) is 0 Å². The SMILES string of the molecule is O=c1c(O)c(C2=COC(Cc3ccccc3)O2)oc2ccc(NS(=O)(=O)c3ccc4ccccc4c3)cc12. The van der Waals surface area contributed by atoms with E-state index < -0.39 is 27.5 Å². The molecule has 4 aromatic carbocycles. The maximum absolute atomic E-state index is 13.0. The Bertz CT molecular complexity index is 1880. The average Bonchev–Trinajstić information content (AvgIpc) is 3.39. The molecule has 0 amide bonds. The highest BCUT2D eigenvalue weighted by Crippen LogP contribution is 2.33. The number of fused-ring (bicyclic) bond motifs is 2. The lowest BCUT2D eigenvalue weighted by molar-refractivity contribution is -0.0145. The second kappa shape index (κ2) is 9.28. The van der Waals surface area contributed by atoms with Crippen LogP contribution in [0.25, 0.3) is 27.5 Å². The zero-order chi connectivity index (χ0) is 26.3. The summed E-state index contributed by atoms with van der Waals surface area (Å²) in [5.41, 5.74) is 0.555. The maximum atomic E-state index is 13.0. The van der Waals surface area contributed by atoms with Crippen molar-refractivity contribution >= 4 is 43.2 Å². The Hall–Kier alpha value is -4.76. The number of rotatable bonds is 6. The summed E-state index contributed by atoms with van der Waals surface area (Å²) in [4.78, 5) is 13.1. The van der Waals surface area contributed by atoms with Crippen LogP contribution >= 0.6 is 0 Å². The van der Waals surface area contributed by atoms with Crippen LogP contribution in [0, 0.1) is 0 Å². The zero-order valence-electron chi connectivity index (χ0n) is 19.8. The quantitative estimate of drug-likeness (QED) is 0.305. The van der Waals surface area contributed by atoms with E-state index in [0.29, 0.717) is 6.42 Å². The van der Waals surface area contributed by atoms with E-state index in [0.717, 1.165) is 16.3 Å². The van der Waals surface area contributed by atoms with E-state index in [4.69, 9.17) is 13.9 Å². The van der Waals surface area contributed by atoms with Crippen molar-refractivity contribution in [1.82, 2.24) is 0 Å². The molecule has 0 saturated heterocycles. The number of nitrogens with one attached hydrogen (secondary N) is 1. The van der Waals surface area contributed by atoms with Crippen LogP contribution in [0.5, 0.6) is 5.75 Å². The smallest absolute Gasteiger partial charge is 0.261 e. The molecule has 1 aliphatic heterocycles. The van der Waals surface area contributed by atoms with Gasteiger partial charge in [-0.1, -0.05) is 60.7 Å². The van der Waals surface area contributed by atoms with E-state index in [-0.39, 0.29) is 33.1 Å². The van der Waals surface area contributed by atoms with Crippen molar-refractivity contribution in [2.45, 2.75) is 17.6 Å². The zero-order valence-corrected chi connectivity index (χ0v) is 20.6. The van der Waals surface area contributed by atoms with Crippen molar-refractivity contribution in [3.05, 3.63) is 119 Å². The molecule has 6 rings (SSSR count). The molecule has 0 radical (unpaired) electrons. The molecule has 38 heavy (non-hydrogen) atoms. The minimum atomic E-state index is -3.94. The van der Waals surface area contributed by atoms with Gasteiger partial charge in [0.15, 0.2) is 0 Å². The second-order valence-electron chi connectivity index (χ2n) is 8.79. The van der Waals surface area contributed by atoms with E-state index in [2.05, 4.69) is 4.72 Å². The summed E-state index contributed by atoms with van der Waals surface area (Å²) in [6.07, 6.45) is 1.11. The van der Waals surface area contributed by atoms with Gasteiger partial charge in [-0.05, 0) is 46.7 Å². The molecular weight excluding hydrogens is 506 g/mol. The standard InChI is InChI=1S/C29H21NO7S/c31-27-23-16-21(30-38(33,34)22-12-10-19-8-4-5-9-20(19)15-22)11-13-24(23)37-29(28(27)32)25-17-35-26(36-25)14-18-6-2-1-3-7-18/h1-13,15-17,26,30,32H,14H2. The number of ether oxygens (including phenoxy) is 2. The Morgan fingerprint density at radius 2 is 1.63 bits per heavy atom. The van der Waals surface area contributed by atoms with Gasteiger partial charge in [0.1, 0.15) is 11.8 Å². The van der Waals surface area contributed by atoms with E-state index in [1.54, 1.807) is 12.1 Å². The summed E-state index contributed by atoms with van der Waals surface area (Å²) < 4.78 is 45.6. The van der Waals surface area contributed by atoms with Crippen molar-refractivity contribution in [2.24, 2.45) is 0 Å². The van der Waals surface area contributed by atoms with Crippen LogP contribution < -0.4 is 10.2 Å². The molecule has 5 aromatic rings. The van der Waals surface area contributed by atoms with Crippen LogP contribution in [0.3, 0.4) is 0 Å². The highest BCUT2D eigenvalue weighted by molar-refractivity contribution is 7.92. The van der Waals surface area contributed by atoms with Gasteiger partial charge in [0.25, 0.3) is 10.0 Å². The van der Waals surface area contributed by atoms with Crippen LogP contribution in [-0.2, 0) is 25.9 Å². The predicted octanol–water partition coefficient (Wildman–Crippen LogP) is 5.37. The lowest BCUT2D eigenvalue weighted by atomic mass is 10.1. The van der Waals surface area contributed by atoms with E-state index in [9.17, 15) is 18.3 Å². The minimum Gasteiger partial charge on any atom is -0.501 e. The summed E-state index contributed by atoms with van der Waals surface area (Å²) in [5, 5.41) is 12.3. The lowest BCUT2D eigenvalue weighted by Gasteiger charge is -2.13. The van der Waals surface area contributed by atoms with Crippen LogP contribution in [0.1, 0.15) is 11.3 Å². The van der Waals surface area contributed by atoms with Gasteiger partial charge >= 0.3 is 0 Å². The fourth-order valence-corrected chi connectivity index (χ4v) is 5.39. The number of sulfonamides is 1. The Balaban J connectivity index is 1.26. The van der Waals surface area contributed by atoms with E-state index in [1.165, 1.54) is 30.5 Å². The molecule has 1 aromatic heterocycles. The summed E-state index contributed by atoms with van der Waals surface area (Å²) >= 11 is 0. The third-order valence-corrected chi connectivity index (χ3v) is 7.58. The predicted molar refractivity (Wildman–Crippen MR) is 143 cm³/mol. The van der Waals surface area contributed by atoms with Gasteiger partial charge in [-0.3, -0.25) is 9.52 Å². The number of hydrogen-bond acceptors (Lipinski definition) is 7. The molecule has 1 unspecified atom stereocenters. The molecule has 0 fully saturated rings. The first-order valence-corrected chi connectivity index (χ1v) is 13.2. The fourth-order valence-electron chi connectivity index (χ4n) is 4.30. The molecule has 1 atom stereocenters. The van der Waals surface area contributed by atoms with Gasteiger partial charge in [0, 0.05) is 12.1 Å². The van der Waals surface area contributed by atoms with Gasteiger partial charge in [0.05, 0.1) is 10.3 Å². The average molecular weight is 528 g/mol. The third kappa shape index (κ3) is 4.44. The highest BCUT2D eigenvalue weighted by atomic mass is 32.2. The molecule has 0 bridgehead atoms. The molecule has 2 heterocycles. The lowest BCUT2D eigenvalue weighted by Crippen LogP contribution is -2.14. The van der Waals surface area contributed by atoms with Crippen molar-refractivity contribution in [1.29, 1.82) is 0 Å². The van der Waals surface area contributed by atoms with Gasteiger partial charge in [-0.2, -0.15) is 0 Å². The molecule has 9 heteroatoms. The Morgan fingerprint density at radius 3 is 2.45 bits per heavy atom. The molecule has 0 aliphatic carbocycles. The molecule has 190 valence electrons. The Labute approximate surface area is 217 Å². The molecule has 8 nitrogen and oxygen atoms in total. The summed E-state index contributed by atoms with van der Waals surface area (Å²) in [7, 11) is -3.94. The number of aromatic hydroxyl groups is 1. The van der Waals surface area contributed by atoms with Gasteiger partial charge < -0.3 is 19.0 Å². The normalized spacial score (nSPS) is 15.2. The minimum absolute atomic E-state index is 0.00492. The molecule has 1 aliphatic rings. The van der Waals surface area contributed by atoms with Crippen molar-refractivity contribution in [3.63, 3.8) is 0 Å². The first kappa shape index (κ1) is 23.6. The highest BCUT2D eigenvalue weighted by Gasteiger charge is 2.27. The Morgan fingerprint density at radius 1 is 0.868 bits per heavy atom. The monoisotopic (exact) mass is 527 g/mol. The van der Waals surface area contributed by atoms with Crippen LogP contribution in [-0.4, -0.2) is 19.8 Å². The Kier molecular flexibility index (Phi) is 5.77. The van der Waals surface area contributed by atoms with Gasteiger partial charge in [-0.15, -0.1) is 0 Å². The number of anilines is 1. The third-order valence-electron chi connectivity index (χ3n) is 6.20. The number of hydrogen-bond donors (Lipinski definition) is 2. The summed E-state index contributed by atoms with van der Waals surface area (Å²) in [6.45, 7) is 0. The molecular formula is C29H21NO7S. The fraction of sp³-hybridized carbons (Fsp3) is 0.0690. The topological polar surface area (TPSA) is 115 Å². The van der Waals surface area contributed by atoms with Crippen LogP contribution in [0.4, 0.5) is 5.69 Å². The first-order valence-electron chi connectivity index (χ1n) is 11.8. The molecule has 0 saturated carbocycles. The maximum Gasteiger partial charge on any atom is 0.261 e. The summed E-state index contributed by atoms with van der Waals surface area (Å²) in [5.74, 6) is -0.742.